The van der Waals surface area contributed by atoms with Crippen molar-refractivity contribution in [2.24, 2.45) is 0 Å². The first-order chi connectivity index (χ1) is 10.7. The Labute approximate surface area is 131 Å². The SMILES string of the molecule is COc1cccc2c1CC(NC(C)=O)CC2c1ccccc1. The molecule has 0 heterocycles. The summed E-state index contributed by atoms with van der Waals surface area (Å²) in [5.74, 6) is 1.22. The van der Waals surface area contributed by atoms with Crippen LogP contribution < -0.4 is 10.1 Å². The Balaban J connectivity index is 2.04. The van der Waals surface area contributed by atoms with E-state index in [0.29, 0.717) is 0 Å². The zero-order valence-corrected chi connectivity index (χ0v) is 13.0. The van der Waals surface area contributed by atoms with E-state index in [0.717, 1.165) is 18.6 Å². The molecule has 2 atom stereocenters. The molecular weight excluding hydrogens is 274 g/mol. The Kier molecular flexibility index (Phi) is 4.14. The zero-order valence-electron chi connectivity index (χ0n) is 13.0. The minimum absolute atomic E-state index is 0.0233. The van der Waals surface area contributed by atoms with Crippen molar-refractivity contribution in [2.75, 3.05) is 7.11 Å². The number of hydrogen-bond donors (Lipinski definition) is 1. The smallest absolute Gasteiger partial charge is 0.217 e. The van der Waals surface area contributed by atoms with E-state index in [-0.39, 0.29) is 17.9 Å². The van der Waals surface area contributed by atoms with E-state index in [1.54, 1.807) is 14.0 Å². The van der Waals surface area contributed by atoms with Crippen molar-refractivity contribution in [2.45, 2.75) is 31.7 Å². The fourth-order valence-corrected chi connectivity index (χ4v) is 3.46. The molecule has 1 aliphatic rings. The number of carbonyl (C=O) groups excluding carboxylic acids is 1. The van der Waals surface area contributed by atoms with Crippen molar-refractivity contribution in [3.05, 3.63) is 65.2 Å². The summed E-state index contributed by atoms with van der Waals surface area (Å²) >= 11 is 0. The van der Waals surface area contributed by atoms with Gasteiger partial charge in [-0.1, -0.05) is 42.5 Å². The van der Waals surface area contributed by atoms with Crippen LogP contribution >= 0.6 is 0 Å². The summed E-state index contributed by atoms with van der Waals surface area (Å²) in [6.07, 6.45) is 1.74. The van der Waals surface area contributed by atoms with Crippen LogP contribution in [-0.2, 0) is 11.2 Å². The second-order valence-corrected chi connectivity index (χ2v) is 5.83. The average Bonchev–Trinajstić information content (AvgIpc) is 2.54. The van der Waals surface area contributed by atoms with Gasteiger partial charge in [0.2, 0.25) is 5.91 Å². The standard InChI is InChI=1S/C19H21NO2/c1-13(21)20-15-11-17(14-7-4-3-5-8-14)16-9-6-10-19(22-2)18(16)12-15/h3-10,15,17H,11-12H2,1-2H3,(H,20,21). The first-order valence-electron chi connectivity index (χ1n) is 7.67. The molecule has 0 aromatic heterocycles. The molecule has 0 fully saturated rings. The maximum atomic E-state index is 11.5. The maximum absolute atomic E-state index is 11.5. The van der Waals surface area contributed by atoms with Gasteiger partial charge in [0.05, 0.1) is 7.11 Å². The molecule has 0 bridgehead atoms. The Bertz CT molecular complexity index is 666. The van der Waals surface area contributed by atoms with Crippen molar-refractivity contribution in [1.82, 2.24) is 5.32 Å². The highest BCUT2D eigenvalue weighted by atomic mass is 16.5. The largest absolute Gasteiger partial charge is 0.496 e. The molecule has 2 aromatic carbocycles. The first-order valence-corrected chi connectivity index (χ1v) is 7.67. The Morgan fingerprint density at radius 3 is 2.59 bits per heavy atom. The molecule has 0 saturated heterocycles. The number of benzene rings is 2. The van der Waals surface area contributed by atoms with Gasteiger partial charge in [0.1, 0.15) is 5.75 Å². The van der Waals surface area contributed by atoms with Gasteiger partial charge in [-0.3, -0.25) is 4.79 Å². The summed E-state index contributed by atoms with van der Waals surface area (Å²) in [5.41, 5.74) is 3.81. The molecule has 1 amide bonds. The van der Waals surface area contributed by atoms with E-state index in [2.05, 4.69) is 35.6 Å². The highest BCUT2D eigenvalue weighted by Crippen LogP contribution is 2.40. The lowest BCUT2D eigenvalue weighted by molar-refractivity contribution is -0.119. The molecular formula is C19H21NO2. The Morgan fingerprint density at radius 2 is 1.91 bits per heavy atom. The summed E-state index contributed by atoms with van der Waals surface area (Å²) in [5, 5.41) is 3.08. The second-order valence-electron chi connectivity index (χ2n) is 5.83. The third-order valence-electron chi connectivity index (χ3n) is 4.34. The number of fused-ring (bicyclic) bond motifs is 1. The monoisotopic (exact) mass is 295 g/mol. The topological polar surface area (TPSA) is 38.3 Å². The normalized spacial score (nSPS) is 20.1. The fourth-order valence-electron chi connectivity index (χ4n) is 3.46. The molecule has 3 nitrogen and oxygen atoms in total. The van der Waals surface area contributed by atoms with Crippen LogP contribution in [0.5, 0.6) is 5.75 Å². The lowest BCUT2D eigenvalue weighted by Gasteiger charge is -2.33. The predicted octanol–water partition coefficient (Wildman–Crippen LogP) is 3.28. The van der Waals surface area contributed by atoms with Crippen molar-refractivity contribution in [1.29, 1.82) is 0 Å². The van der Waals surface area contributed by atoms with Crippen molar-refractivity contribution < 1.29 is 9.53 Å². The molecule has 22 heavy (non-hydrogen) atoms. The van der Waals surface area contributed by atoms with Crippen LogP contribution in [0.2, 0.25) is 0 Å². The molecule has 3 heteroatoms. The quantitative estimate of drug-likeness (QED) is 0.943. The summed E-state index contributed by atoms with van der Waals surface area (Å²) < 4.78 is 5.54. The number of hydrogen-bond acceptors (Lipinski definition) is 2. The van der Waals surface area contributed by atoms with Gasteiger partial charge in [0, 0.05) is 18.9 Å². The van der Waals surface area contributed by atoms with E-state index in [1.807, 2.05) is 18.2 Å². The number of rotatable bonds is 3. The van der Waals surface area contributed by atoms with Crippen LogP contribution in [0.25, 0.3) is 0 Å². The zero-order chi connectivity index (χ0) is 15.5. The summed E-state index contributed by atoms with van der Waals surface area (Å²) in [6, 6.07) is 16.8. The molecule has 0 saturated carbocycles. The van der Waals surface area contributed by atoms with Crippen LogP contribution in [-0.4, -0.2) is 19.1 Å². The number of ether oxygens (including phenoxy) is 1. The van der Waals surface area contributed by atoms with Gasteiger partial charge < -0.3 is 10.1 Å². The third kappa shape index (κ3) is 2.84. The van der Waals surface area contributed by atoms with Gasteiger partial charge >= 0.3 is 0 Å². The van der Waals surface area contributed by atoms with Crippen LogP contribution in [0.4, 0.5) is 0 Å². The van der Waals surface area contributed by atoms with Gasteiger partial charge in [0.25, 0.3) is 0 Å². The van der Waals surface area contributed by atoms with Gasteiger partial charge in [-0.15, -0.1) is 0 Å². The average molecular weight is 295 g/mol. The maximum Gasteiger partial charge on any atom is 0.217 e. The van der Waals surface area contributed by atoms with E-state index in [9.17, 15) is 4.79 Å². The van der Waals surface area contributed by atoms with Crippen LogP contribution in [0.15, 0.2) is 48.5 Å². The highest BCUT2D eigenvalue weighted by Gasteiger charge is 2.30. The number of carbonyl (C=O) groups is 1. The lowest BCUT2D eigenvalue weighted by Crippen LogP contribution is -2.39. The Hall–Kier alpha value is -2.29. The van der Waals surface area contributed by atoms with Crippen molar-refractivity contribution in [3.8, 4) is 5.75 Å². The molecule has 1 N–H and O–H groups in total. The minimum atomic E-state index is 0.0233. The van der Waals surface area contributed by atoms with E-state index < -0.39 is 0 Å². The first kappa shape index (κ1) is 14.6. The third-order valence-corrected chi connectivity index (χ3v) is 4.34. The molecule has 3 rings (SSSR count). The van der Waals surface area contributed by atoms with Gasteiger partial charge in [-0.05, 0) is 35.6 Å². The van der Waals surface area contributed by atoms with Crippen LogP contribution in [0.1, 0.15) is 36.0 Å². The molecule has 1 aliphatic carbocycles. The van der Waals surface area contributed by atoms with Crippen LogP contribution in [0.3, 0.4) is 0 Å². The molecule has 0 spiro atoms. The number of nitrogens with one attached hydrogen (secondary N) is 1. The lowest BCUT2D eigenvalue weighted by atomic mass is 9.76. The molecule has 0 radical (unpaired) electrons. The molecule has 114 valence electrons. The second kappa shape index (κ2) is 6.22. The van der Waals surface area contributed by atoms with Crippen LogP contribution in [0, 0.1) is 0 Å². The molecule has 2 unspecified atom stereocenters. The summed E-state index contributed by atoms with van der Waals surface area (Å²) in [6.45, 7) is 1.58. The molecule has 0 aliphatic heterocycles. The summed E-state index contributed by atoms with van der Waals surface area (Å²) in [4.78, 5) is 11.5. The fraction of sp³-hybridized carbons (Fsp3) is 0.316. The van der Waals surface area contributed by atoms with E-state index in [1.165, 1.54) is 16.7 Å². The molecule has 2 aromatic rings. The predicted molar refractivity (Wildman–Crippen MR) is 87.2 cm³/mol. The van der Waals surface area contributed by atoms with Gasteiger partial charge in [-0.2, -0.15) is 0 Å². The minimum Gasteiger partial charge on any atom is -0.496 e. The van der Waals surface area contributed by atoms with Gasteiger partial charge in [-0.25, -0.2) is 0 Å². The van der Waals surface area contributed by atoms with Gasteiger partial charge in [0.15, 0.2) is 0 Å². The van der Waals surface area contributed by atoms with Crippen molar-refractivity contribution in [3.63, 3.8) is 0 Å². The van der Waals surface area contributed by atoms with E-state index in [4.69, 9.17) is 4.74 Å². The number of methoxy groups -OCH3 is 1. The number of amides is 1. The highest BCUT2D eigenvalue weighted by molar-refractivity contribution is 5.73. The van der Waals surface area contributed by atoms with Crippen molar-refractivity contribution >= 4 is 5.91 Å². The Morgan fingerprint density at radius 1 is 1.14 bits per heavy atom. The van der Waals surface area contributed by atoms with E-state index >= 15 is 0 Å². The summed E-state index contributed by atoms with van der Waals surface area (Å²) in [7, 11) is 1.70.